The Labute approximate surface area is 87.7 Å². The van der Waals surface area contributed by atoms with Crippen molar-refractivity contribution in [3.8, 4) is 0 Å². The van der Waals surface area contributed by atoms with Crippen molar-refractivity contribution in [1.82, 2.24) is 10.2 Å². The lowest BCUT2D eigenvalue weighted by molar-refractivity contribution is 0.0971. The van der Waals surface area contributed by atoms with Crippen LogP contribution in [0.4, 0.5) is 5.69 Å². The highest BCUT2D eigenvalue weighted by Crippen LogP contribution is 2.21. The standard InChI is InChI=1S/C10H15N3O2/c1-7-6-13(3-2-9(7)14)8-4-10(15)12-11-5-8/h4-5,7,9,14H,2-3,6H2,1H3,(H,12,15). The van der Waals surface area contributed by atoms with Gasteiger partial charge in [-0.15, -0.1) is 0 Å². The zero-order valence-corrected chi connectivity index (χ0v) is 8.68. The Bertz CT molecular complexity index is 390. The number of aliphatic hydroxyl groups excluding tert-OH is 1. The number of nitrogens with zero attached hydrogens (tertiary/aromatic N) is 2. The summed E-state index contributed by atoms with van der Waals surface area (Å²) in [5.41, 5.74) is 0.642. The van der Waals surface area contributed by atoms with Gasteiger partial charge in [-0.3, -0.25) is 4.79 Å². The molecule has 0 aliphatic carbocycles. The molecule has 1 fully saturated rings. The predicted molar refractivity (Wildman–Crippen MR) is 56.9 cm³/mol. The van der Waals surface area contributed by atoms with E-state index in [1.165, 1.54) is 6.07 Å². The van der Waals surface area contributed by atoms with Crippen LogP contribution in [0.2, 0.25) is 0 Å². The first-order valence-corrected chi connectivity index (χ1v) is 5.14. The Balaban J connectivity index is 2.15. The molecule has 0 aromatic carbocycles. The average molecular weight is 209 g/mol. The van der Waals surface area contributed by atoms with E-state index in [4.69, 9.17) is 0 Å². The predicted octanol–water partition coefficient (Wildman–Crippen LogP) is -0.0230. The number of H-pyrrole nitrogens is 1. The minimum Gasteiger partial charge on any atom is -0.393 e. The lowest BCUT2D eigenvalue weighted by atomic mass is 9.96. The lowest BCUT2D eigenvalue weighted by Crippen LogP contribution is -2.42. The first-order valence-electron chi connectivity index (χ1n) is 5.14. The summed E-state index contributed by atoms with van der Waals surface area (Å²) < 4.78 is 0. The molecular formula is C10H15N3O2. The van der Waals surface area contributed by atoms with Gasteiger partial charge in [0, 0.05) is 19.2 Å². The van der Waals surface area contributed by atoms with Gasteiger partial charge in [-0.25, -0.2) is 5.10 Å². The molecule has 2 heterocycles. The topological polar surface area (TPSA) is 69.2 Å². The highest BCUT2D eigenvalue weighted by Gasteiger charge is 2.24. The van der Waals surface area contributed by atoms with Gasteiger partial charge in [0.05, 0.1) is 18.0 Å². The Morgan fingerprint density at radius 1 is 1.67 bits per heavy atom. The summed E-state index contributed by atoms with van der Waals surface area (Å²) in [5, 5.41) is 15.7. The van der Waals surface area contributed by atoms with E-state index in [0.29, 0.717) is 0 Å². The van der Waals surface area contributed by atoms with Gasteiger partial charge < -0.3 is 10.0 Å². The second-order valence-electron chi connectivity index (χ2n) is 4.08. The second-order valence-corrected chi connectivity index (χ2v) is 4.08. The number of hydrogen-bond donors (Lipinski definition) is 2. The Morgan fingerprint density at radius 3 is 3.13 bits per heavy atom. The normalized spacial score (nSPS) is 26.7. The summed E-state index contributed by atoms with van der Waals surface area (Å²) >= 11 is 0. The molecule has 0 saturated carbocycles. The molecule has 2 unspecified atom stereocenters. The van der Waals surface area contributed by atoms with E-state index < -0.39 is 0 Å². The summed E-state index contributed by atoms with van der Waals surface area (Å²) in [6.07, 6.45) is 2.16. The van der Waals surface area contributed by atoms with Gasteiger partial charge in [-0.05, 0) is 12.3 Å². The average Bonchev–Trinajstić information content (AvgIpc) is 2.22. The number of piperidine rings is 1. The smallest absolute Gasteiger partial charge is 0.266 e. The highest BCUT2D eigenvalue weighted by atomic mass is 16.3. The van der Waals surface area contributed by atoms with Crippen LogP contribution in [-0.4, -0.2) is 34.5 Å². The molecule has 1 aromatic rings. The van der Waals surface area contributed by atoms with Crippen LogP contribution in [0.25, 0.3) is 0 Å². The zero-order chi connectivity index (χ0) is 10.8. The molecule has 2 rings (SSSR count). The fourth-order valence-corrected chi connectivity index (χ4v) is 1.91. The van der Waals surface area contributed by atoms with Crippen molar-refractivity contribution >= 4 is 5.69 Å². The SMILES string of the molecule is CC1CN(c2cn[nH]c(=O)c2)CCC1O. The number of aromatic nitrogens is 2. The molecule has 15 heavy (non-hydrogen) atoms. The molecule has 0 bridgehead atoms. The number of aromatic amines is 1. The highest BCUT2D eigenvalue weighted by molar-refractivity contribution is 5.43. The number of hydrogen-bond acceptors (Lipinski definition) is 4. The van der Waals surface area contributed by atoms with Gasteiger partial charge in [0.2, 0.25) is 0 Å². The van der Waals surface area contributed by atoms with E-state index in [-0.39, 0.29) is 17.6 Å². The van der Waals surface area contributed by atoms with Crippen molar-refractivity contribution in [3.63, 3.8) is 0 Å². The zero-order valence-electron chi connectivity index (χ0n) is 8.68. The van der Waals surface area contributed by atoms with E-state index in [1.54, 1.807) is 6.20 Å². The number of aliphatic hydroxyl groups is 1. The molecule has 82 valence electrons. The van der Waals surface area contributed by atoms with Gasteiger partial charge in [-0.1, -0.05) is 6.92 Å². The molecule has 1 saturated heterocycles. The third-order valence-corrected chi connectivity index (χ3v) is 2.88. The molecule has 1 aromatic heterocycles. The van der Waals surface area contributed by atoms with Gasteiger partial charge in [0.1, 0.15) is 0 Å². The fourth-order valence-electron chi connectivity index (χ4n) is 1.91. The van der Waals surface area contributed by atoms with E-state index in [9.17, 15) is 9.90 Å². The minimum absolute atomic E-state index is 0.189. The Morgan fingerprint density at radius 2 is 2.47 bits per heavy atom. The summed E-state index contributed by atoms with van der Waals surface area (Å²) in [6.45, 7) is 3.56. The van der Waals surface area contributed by atoms with Crippen LogP contribution in [0.15, 0.2) is 17.1 Å². The van der Waals surface area contributed by atoms with E-state index >= 15 is 0 Å². The van der Waals surface area contributed by atoms with Gasteiger partial charge >= 0.3 is 0 Å². The molecule has 0 spiro atoms. The molecule has 1 aliphatic rings. The molecule has 5 heteroatoms. The fraction of sp³-hybridized carbons (Fsp3) is 0.600. The molecule has 1 aliphatic heterocycles. The van der Waals surface area contributed by atoms with Crippen molar-refractivity contribution in [2.24, 2.45) is 5.92 Å². The number of rotatable bonds is 1. The van der Waals surface area contributed by atoms with E-state index in [1.807, 2.05) is 6.92 Å². The van der Waals surface area contributed by atoms with Gasteiger partial charge in [0.25, 0.3) is 5.56 Å². The maximum absolute atomic E-state index is 11.1. The van der Waals surface area contributed by atoms with Crippen LogP contribution in [0.5, 0.6) is 0 Å². The van der Waals surface area contributed by atoms with Crippen LogP contribution in [0.3, 0.4) is 0 Å². The molecule has 2 N–H and O–H groups in total. The second kappa shape index (κ2) is 4.02. The quantitative estimate of drug-likeness (QED) is 0.682. The maximum atomic E-state index is 11.1. The molecule has 0 radical (unpaired) electrons. The van der Waals surface area contributed by atoms with Crippen LogP contribution < -0.4 is 10.5 Å². The monoisotopic (exact) mass is 209 g/mol. The summed E-state index contributed by atoms with van der Waals surface area (Å²) in [6, 6.07) is 1.54. The summed E-state index contributed by atoms with van der Waals surface area (Å²) in [5.74, 6) is 0.234. The lowest BCUT2D eigenvalue weighted by Gasteiger charge is -2.35. The van der Waals surface area contributed by atoms with Crippen molar-refractivity contribution in [1.29, 1.82) is 0 Å². The number of anilines is 1. The van der Waals surface area contributed by atoms with E-state index in [0.717, 1.165) is 25.2 Å². The van der Waals surface area contributed by atoms with Crippen LogP contribution in [0, 0.1) is 5.92 Å². The first kappa shape index (κ1) is 10.2. The van der Waals surface area contributed by atoms with Crippen molar-refractivity contribution in [3.05, 3.63) is 22.6 Å². The maximum Gasteiger partial charge on any atom is 0.266 e. The Hall–Kier alpha value is -1.36. The third-order valence-electron chi connectivity index (χ3n) is 2.88. The molecular weight excluding hydrogens is 194 g/mol. The molecule has 2 atom stereocenters. The van der Waals surface area contributed by atoms with Crippen LogP contribution in [-0.2, 0) is 0 Å². The van der Waals surface area contributed by atoms with Gasteiger partial charge in [-0.2, -0.15) is 5.10 Å². The summed E-state index contributed by atoms with van der Waals surface area (Å²) in [7, 11) is 0. The minimum atomic E-state index is -0.226. The molecule has 0 amide bonds. The summed E-state index contributed by atoms with van der Waals surface area (Å²) in [4.78, 5) is 13.2. The van der Waals surface area contributed by atoms with E-state index in [2.05, 4.69) is 15.1 Å². The molecule has 5 nitrogen and oxygen atoms in total. The Kier molecular flexibility index (Phi) is 2.73. The van der Waals surface area contributed by atoms with Gasteiger partial charge in [0.15, 0.2) is 0 Å². The van der Waals surface area contributed by atoms with Crippen molar-refractivity contribution in [2.75, 3.05) is 18.0 Å². The number of nitrogens with one attached hydrogen (secondary N) is 1. The van der Waals surface area contributed by atoms with Crippen molar-refractivity contribution in [2.45, 2.75) is 19.4 Å². The van der Waals surface area contributed by atoms with Crippen molar-refractivity contribution < 1.29 is 5.11 Å². The van der Waals surface area contributed by atoms with Crippen LogP contribution >= 0.6 is 0 Å². The first-order chi connectivity index (χ1) is 7.16. The van der Waals surface area contributed by atoms with Crippen LogP contribution in [0.1, 0.15) is 13.3 Å². The third kappa shape index (κ3) is 2.18. The largest absolute Gasteiger partial charge is 0.393 e.